The van der Waals surface area contributed by atoms with E-state index in [1.54, 1.807) is 0 Å². The highest BCUT2D eigenvalue weighted by Crippen LogP contribution is 2.17. The summed E-state index contributed by atoms with van der Waals surface area (Å²) >= 11 is 0. The summed E-state index contributed by atoms with van der Waals surface area (Å²) in [6.07, 6.45) is 38.8. The summed E-state index contributed by atoms with van der Waals surface area (Å²) in [5.74, 6) is -0.696. The number of carboxylic acids is 1. The molecule has 2 heteroatoms. The summed E-state index contributed by atoms with van der Waals surface area (Å²) in [6.45, 7) is 4.55. The van der Waals surface area contributed by atoms with Crippen molar-refractivity contribution in [2.45, 2.75) is 194 Å². The number of hydrogen-bond donors (Lipinski definition) is 1. The SMILES string of the molecule is CCCCCCCCCCCCC=C(CCCCCCCCCCCCCCCCCC)C(=O)O. The van der Waals surface area contributed by atoms with Crippen molar-refractivity contribution in [1.82, 2.24) is 0 Å². The van der Waals surface area contributed by atoms with Crippen LogP contribution in [0.3, 0.4) is 0 Å². The monoisotopic (exact) mass is 492 g/mol. The summed E-state index contributed by atoms with van der Waals surface area (Å²) < 4.78 is 0. The number of rotatable bonds is 29. The lowest BCUT2D eigenvalue weighted by Crippen LogP contribution is -2.00. The predicted molar refractivity (Wildman–Crippen MR) is 156 cm³/mol. The van der Waals surface area contributed by atoms with Gasteiger partial charge in [0.1, 0.15) is 0 Å². The normalized spacial score (nSPS) is 11.9. The number of allylic oxidation sites excluding steroid dienone is 1. The molecule has 0 atom stereocenters. The largest absolute Gasteiger partial charge is 0.478 e. The summed E-state index contributed by atoms with van der Waals surface area (Å²) in [7, 11) is 0. The lowest BCUT2D eigenvalue weighted by molar-refractivity contribution is -0.132. The van der Waals surface area contributed by atoms with E-state index in [1.165, 1.54) is 154 Å². The maximum atomic E-state index is 11.5. The lowest BCUT2D eigenvalue weighted by Gasteiger charge is -2.05. The number of carboxylic acid groups (broad SMARTS) is 1. The fourth-order valence-electron chi connectivity index (χ4n) is 5.07. The summed E-state index contributed by atoms with van der Waals surface area (Å²) in [6, 6.07) is 0. The van der Waals surface area contributed by atoms with Crippen LogP contribution in [0, 0.1) is 0 Å². The van der Waals surface area contributed by atoms with Crippen LogP contribution in [0.4, 0.5) is 0 Å². The minimum Gasteiger partial charge on any atom is -0.478 e. The van der Waals surface area contributed by atoms with Crippen LogP contribution in [0.5, 0.6) is 0 Å². The zero-order chi connectivity index (χ0) is 25.7. The first-order chi connectivity index (χ1) is 17.2. The van der Waals surface area contributed by atoms with Crippen molar-refractivity contribution in [2.75, 3.05) is 0 Å². The van der Waals surface area contributed by atoms with E-state index in [-0.39, 0.29) is 0 Å². The van der Waals surface area contributed by atoms with Gasteiger partial charge in [-0.25, -0.2) is 4.79 Å². The van der Waals surface area contributed by atoms with Gasteiger partial charge in [-0.3, -0.25) is 0 Å². The molecule has 0 saturated carbocycles. The fraction of sp³-hybridized carbons (Fsp3) is 0.909. The highest BCUT2D eigenvalue weighted by Gasteiger charge is 2.06. The topological polar surface area (TPSA) is 37.3 Å². The Morgan fingerprint density at radius 2 is 0.743 bits per heavy atom. The van der Waals surface area contributed by atoms with Crippen LogP contribution >= 0.6 is 0 Å². The molecule has 0 aromatic heterocycles. The number of hydrogen-bond acceptors (Lipinski definition) is 1. The Morgan fingerprint density at radius 3 is 1.06 bits per heavy atom. The van der Waals surface area contributed by atoms with E-state index in [0.29, 0.717) is 5.57 Å². The minimum absolute atomic E-state index is 0.659. The molecular formula is C33H64O2. The maximum absolute atomic E-state index is 11.5. The van der Waals surface area contributed by atoms with Crippen LogP contribution in [0.2, 0.25) is 0 Å². The zero-order valence-corrected chi connectivity index (χ0v) is 24.2. The average Bonchev–Trinajstić information content (AvgIpc) is 2.85. The van der Waals surface area contributed by atoms with E-state index in [1.807, 2.05) is 6.08 Å². The van der Waals surface area contributed by atoms with Gasteiger partial charge in [-0.2, -0.15) is 0 Å². The van der Waals surface area contributed by atoms with Gasteiger partial charge < -0.3 is 5.11 Å². The van der Waals surface area contributed by atoms with Crippen LogP contribution in [0.1, 0.15) is 194 Å². The molecular weight excluding hydrogens is 428 g/mol. The fourth-order valence-corrected chi connectivity index (χ4v) is 5.07. The highest BCUT2D eigenvalue weighted by molar-refractivity contribution is 5.86. The van der Waals surface area contributed by atoms with Gasteiger partial charge in [0.25, 0.3) is 0 Å². The summed E-state index contributed by atoms with van der Waals surface area (Å²) in [5.41, 5.74) is 0.659. The molecule has 0 rings (SSSR count). The number of unbranched alkanes of at least 4 members (excludes halogenated alkanes) is 25. The van der Waals surface area contributed by atoms with E-state index in [2.05, 4.69) is 13.8 Å². The molecule has 2 nitrogen and oxygen atoms in total. The second-order valence-corrected chi connectivity index (χ2v) is 11.1. The smallest absolute Gasteiger partial charge is 0.331 e. The van der Waals surface area contributed by atoms with Crippen LogP contribution < -0.4 is 0 Å². The molecule has 1 N–H and O–H groups in total. The molecule has 0 saturated heterocycles. The van der Waals surface area contributed by atoms with Gasteiger partial charge in [0, 0.05) is 5.57 Å². The molecule has 0 heterocycles. The first-order valence-electron chi connectivity index (χ1n) is 16.1. The van der Waals surface area contributed by atoms with Gasteiger partial charge >= 0.3 is 5.97 Å². The molecule has 0 aliphatic carbocycles. The van der Waals surface area contributed by atoms with Crippen molar-refractivity contribution in [2.24, 2.45) is 0 Å². The molecule has 0 bridgehead atoms. The van der Waals surface area contributed by atoms with Crippen LogP contribution in [-0.2, 0) is 4.79 Å². The molecule has 0 aliphatic heterocycles. The van der Waals surface area contributed by atoms with Crippen molar-refractivity contribution in [3.05, 3.63) is 11.6 Å². The maximum Gasteiger partial charge on any atom is 0.331 e. The first kappa shape index (κ1) is 34.2. The molecule has 0 radical (unpaired) electrons. The quantitative estimate of drug-likeness (QED) is 0.0832. The van der Waals surface area contributed by atoms with Gasteiger partial charge in [0.15, 0.2) is 0 Å². The summed E-state index contributed by atoms with van der Waals surface area (Å²) in [4.78, 5) is 11.5. The van der Waals surface area contributed by atoms with Gasteiger partial charge in [0.2, 0.25) is 0 Å². The number of carbonyl (C=O) groups is 1. The van der Waals surface area contributed by atoms with Crippen LogP contribution in [-0.4, -0.2) is 11.1 Å². The lowest BCUT2D eigenvalue weighted by atomic mass is 10.0. The Kier molecular flexibility index (Phi) is 28.8. The van der Waals surface area contributed by atoms with Crippen molar-refractivity contribution < 1.29 is 9.90 Å². The Hall–Kier alpha value is -0.790. The van der Waals surface area contributed by atoms with Crippen molar-refractivity contribution in [3.63, 3.8) is 0 Å². The Labute approximate surface area is 221 Å². The molecule has 208 valence electrons. The van der Waals surface area contributed by atoms with E-state index >= 15 is 0 Å². The third-order valence-electron chi connectivity index (χ3n) is 7.52. The average molecular weight is 493 g/mol. The van der Waals surface area contributed by atoms with E-state index < -0.39 is 5.97 Å². The molecule has 0 fully saturated rings. The molecule has 0 aliphatic rings. The molecule has 0 spiro atoms. The van der Waals surface area contributed by atoms with E-state index in [0.717, 1.165) is 25.7 Å². The summed E-state index contributed by atoms with van der Waals surface area (Å²) in [5, 5.41) is 9.49. The Morgan fingerprint density at radius 1 is 0.457 bits per heavy atom. The molecule has 0 amide bonds. The third-order valence-corrected chi connectivity index (χ3v) is 7.52. The van der Waals surface area contributed by atoms with Gasteiger partial charge in [-0.1, -0.05) is 174 Å². The predicted octanol–water partition coefficient (Wildman–Crippen LogP) is 12.0. The zero-order valence-electron chi connectivity index (χ0n) is 24.2. The van der Waals surface area contributed by atoms with Crippen molar-refractivity contribution >= 4 is 5.97 Å². The minimum atomic E-state index is -0.696. The highest BCUT2D eigenvalue weighted by atomic mass is 16.4. The van der Waals surface area contributed by atoms with E-state index in [9.17, 15) is 9.90 Å². The molecule has 0 aromatic carbocycles. The second-order valence-electron chi connectivity index (χ2n) is 11.1. The number of aliphatic carboxylic acids is 1. The van der Waals surface area contributed by atoms with E-state index in [4.69, 9.17) is 0 Å². The Bertz CT molecular complexity index is 454. The van der Waals surface area contributed by atoms with Crippen molar-refractivity contribution in [1.29, 1.82) is 0 Å². The molecule has 0 aromatic rings. The Balaban J connectivity index is 3.47. The molecule has 35 heavy (non-hydrogen) atoms. The van der Waals surface area contributed by atoms with Gasteiger partial charge in [0.05, 0.1) is 0 Å². The first-order valence-corrected chi connectivity index (χ1v) is 16.1. The molecule has 0 unspecified atom stereocenters. The van der Waals surface area contributed by atoms with Crippen molar-refractivity contribution in [3.8, 4) is 0 Å². The third kappa shape index (κ3) is 27.6. The standard InChI is InChI=1S/C33H64O2/c1-3-5-7-9-11-13-15-16-17-18-19-21-23-25-27-29-31-32(33(34)35)30-28-26-24-22-20-14-12-10-8-6-4-2/h30H,3-29,31H2,1-2H3,(H,34,35). The van der Waals surface area contributed by atoms with Crippen LogP contribution in [0.25, 0.3) is 0 Å². The van der Waals surface area contributed by atoms with Gasteiger partial charge in [-0.05, 0) is 25.7 Å². The van der Waals surface area contributed by atoms with Crippen LogP contribution in [0.15, 0.2) is 11.6 Å². The second kappa shape index (κ2) is 29.4. The van der Waals surface area contributed by atoms with Gasteiger partial charge in [-0.15, -0.1) is 0 Å².